The molecule has 0 aromatic rings. The highest BCUT2D eigenvalue weighted by Crippen LogP contribution is 2.17. The molecule has 15 heavy (non-hydrogen) atoms. The summed E-state index contributed by atoms with van der Waals surface area (Å²) in [6.07, 6.45) is 10.5. The Morgan fingerprint density at radius 2 is 2.07 bits per heavy atom. The Balaban J connectivity index is 3.89. The topological polar surface area (TPSA) is 26.3 Å². The number of allylic oxidation sites excluding steroid dienone is 2. The maximum Gasteiger partial charge on any atom is 0.308 e. The third-order valence-electron chi connectivity index (χ3n) is 2.61. The zero-order chi connectivity index (χ0) is 11.5. The fraction of sp³-hybridized carbons (Fsp3) is 0.769. The van der Waals surface area contributed by atoms with E-state index in [1.165, 1.54) is 20.0 Å². The van der Waals surface area contributed by atoms with Crippen LogP contribution in [0, 0.1) is 5.92 Å². The van der Waals surface area contributed by atoms with Crippen molar-refractivity contribution in [3.63, 3.8) is 0 Å². The van der Waals surface area contributed by atoms with Gasteiger partial charge in [0.05, 0.1) is 13.0 Å². The molecule has 0 aliphatic heterocycles. The Kier molecular flexibility index (Phi) is 9.24. The minimum atomic E-state index is -0.0457. The second-order valence-electron chi connectivity index (χ2n) is 3.86. The maximum atomic E-state index is 11.5. The molecular formula is C13H24O2. The molecule has 0 fully saturated rings. The summed E-state index contributed by atoms with van der Waals surface area (Å²) in [5, 5.41) is 0. The Morgan fingerprint density at radius 3 is 2.60 bits per heavy atom. The van der Waals surface area contributed by atoms with Gasteiger partial charge in [-0.2, -0.15) is 0 Å². The van der Waals surface area contributed by atoms with E-state index in [0.29, 0.717) is 0 Å². The Morgan fingerprint density at radius 1 is 1.33 bits per heavy atom. The largest absolute Gasteiger partial charge is 0.469 e. The van der Waals surface area contributed by atoms with Gasteiger partial charge in [-0.25, -0.2) is 0 Å². The SMILES string of the molecule is C/C=C/CCC(CCCCC)C(=O)OC. The van der Waals surface area contributed by atoms with E-state index < -0.39 is 0 Å². The van der Waals surface area contributed by atoms with Gasteiger partial charge >= 0.3 is 5.97 Å². The van der Waals surface area contributed by atoms with Crippen LogP contribution >= 0.6 is 0 Å². The van der Waals surface area contributed by atoms with Crippen LogP contribution in [-0.4, -0.2) is 13.1 Å². The number of hydrogen-bond acceptors (Lipinski definition) is 2. The molecule has 0 saturated heterocycles. The lowest BCUT2D eigenvalue weighted by atomic mass is 9.96. The van der Waals surface area contributed by atoms with Crippen LogP contribution in [0.3, 0.4) is 0 Å². The number of esters is 1. The normalized spacial score (nSPS) is 13.0. The van der Waals surface area contributed by atoms with E-state index >= 15 is 0 Å². The molecule has 0 N–H and O–H groups in total. The lowest BCUT2D eigenvalue weighted by Crippen LogP contribution is -2.16. The molecule has 2 heteroatoms. The van der Waals surface area contributed by atoms with Crippen LogP contribution in [0.25, 0.3) is 0 Å². The van der Waals surface area contributed by atoms with Crippen LogP contribution < -0.4 is 0 Å². The van der Waals surface area contributed by atoms with Gasteiger partial charge in [0.25, 0.3) is 0 Å². The summed E-state index contributed by atoms with van der Waals surface area (Å²) in [4.78, 5) is 11.5. The van der Waals surface area contributed by atoms with Gasteiger partial charge in [-0.3, -0.25) is 4.79 Å². The van der Waals surface area contributed by atoms with E-state index in [9.17, 15) is 4.79 Å². The molecule has 88 valence electrons. The molecule has 0 aliphatic carbocycles. The first-order valence-corrected chi connectivity index (χ1v) is 5.95. The number of unbranched alkanes of at least 4 members (excludes halogenated alkanes) is 2. The van der Waals surface area contributed by atoms with Crippen molar-refractivity contribution < 1.29 is 9.53 Å². The van der Waals surface area contributed by atoms with Gasteiger partial charge in [0.1, 0.15) is 0 Å². The van der Waals surface area contributed by atoms with Crippen molar-refractivity contribution in [1.82, 2.24) is 0 Å². The highest BCUT2D eigenvalue weighted by atomic mass is 16.5. The van der Waals surface area contributed by atoms with E-state index in [1.54, 1.807) is 0 Å². The molecule has 0 aliphatic rings. The number of hydrogen-bond donors (Lipinski definition) is 0. The minimum Gasteiger partial charge on any atom is -0.469 e. The summed E-state index contributed by atoms with van der Waals surface area (Å²) in [6.45, 7) is 4.18. The van der Waals surface area contributed by atoms with E-state index in [0.717, 1.165) is 25.7 Å². The number of carbonyl (C=O) groups excluding carboxylic acids is 1. The lowest BCUT2D eigenvalue weighted by Gasteiger charge is -2.12. The van der Waals surface area contributed by atoms with Crippen LogP contribution in [0.2, 0.25) is 0 Å². The predicted octanol–water partition coefficient (Wildman–Crippen LogP) is 3.71. The first kappa shape index (κ1) is 14.2. The van der Waals surface area contributed by atoms with Crippen molar-refractivity contribution in [1.29, 1.82) is 0 Å². The van der Waals surface area contributed by atoms with Gasteiger partial charge in [-0.05, 0) is 26.2 Å². The molecule has 1 atom stereocenters. The van der Waals surface area contributed by atoms with E-state index in [4.69, 9.17) is 4.74 Å². The molecular weight excluding hydrogens is 188 g/mol. The van der Waals surface area contributed by atoms with E-state index in [2.05, 4.69) is 13.0 Å². The number of carbonyl (C=O) groups is 1. The quantitative estimate of drug-likeness (QED) is 0.348. The summed E-state index contributed by atoms with van der Waals surface area (Å²) < 4.78 is 4.81. The minimum absolute atomic E-state index is 0.0457. The summed E-state index contributed by atoms with van der Waals surface area (Å²) in [7, 11) is 1.48. The van der Waals surface area contributed by atoms with Gasteiger partial charge in [-0.1, -0.05) is 38.3 Å². The molecule has 0 heterocycles. The predicted molar refractivity (Wildman–Crippen MR) is 63.7 cm³/mol. The molecule has 0 saturated carbocycles. The third-order valence-corrected chi connectivity index (χ3v) is 2.61. The average Bonchev–Trinajstić information content (AvgIpc) is 2.26. The molecule has 1 unspecified atom stereocenters. The van der Waals surface area contributed by atoms with Crippen molar-refractivity contribution in [2.45, 2.75) is 52.4 Å². The highest BCUT2D eigenvalue weighted by Gasteiger charge is 2.17. The summed E-state index contributed by atoms with van der Waals surface area (Å²) in [5.74, 6) is 0.0494. The summed E-state index contributed by atoms with van der Waals surface area (Å²) in [6, 6.07) is 0. The van der Waals surface area contributed by atoms with Gasteiger partial charge in [0.2, 0.25) is 0 Å². The second kappa shape index (κ2) is 9.75. The van der Waals surface area contributed by atoms with Crippen molar-refractivity contribution in [2.75, 3.05) is 7.11 Å². The molecule has 0 amide bonds. The Hall–Kier alpha value is -0.790. The average molecular weight is 212 g/mol. The zero-order valence-electron chi connectivity index (χ0n) is 10.3. The fourth-order valence-electron chi connectivity index (χ4n) is 1.65. The molecule has 0 rings (SSSR count). The fourth-order valence-corrected chi connectivity index (χ4v) is 1.65. The molecule has 0 aromatic heterocycles. The summed E-state index contributed by atoms with van der Waals surface area (Å²) >= 11 is 0. The molecule has 2 nitrogen and oxygen atoms in total. The second-order valence-corrected chi connectivity index (χ2v) is 3.86. The molecule has 0 aromatic carbocycles. The van der Waals surface area contributed by atoms with Crippen LogP contribution in [0.1, 0.15) is 52.4 Å². The summed E-state index contributed by atoms with van der Waals surface area (Å²) in [5.41, 5.74) is 0. The number of rotatable bonds is 8. The zero-order valence-corrected chi connectivity index (χ0v) is 10.3. The number of methoxy groups -OCH3 is 1. The molecule has 0 radical (unpaired) electrons. The Bertz CT molecular complexity index is 185. The first-order chi connectivity index (χ1) is 7.26. The van der Waals surface area contributed by atoms with Crippen molar-refractivity contribution in [3.05, 3.63) is 12.2 Å². The van der Waals surface area contributed by atoms with Gasteiger partial charge < -0.3 is 4.74 Å². The molecule has 0 spiro atoms. The van der Waals surface area contributed by atoms with Crippen LogP contribution in [0.15, 0.2) is 12.2 Å². The standard InChI is InChI=1S/C13H24O2/c1-4-6-8-10-12(13(14)15-3)11-9-7-5-2/h4,6,12H,5,7-11H2,1-3H3/b6-4+. The van der Waals surface area contributed by atoms with E-state index in [-0.39, 0.29) is 11.9 Å². The van der Waals surface area contributed by atoms with Crippen LogP contribution in [-0.2, 0) is 9.53 Å². The monoisotopic (exact) mass is 212 g/mol. The van der Waals surface area contributed by atoms with Gasteiger partial charge in [-0.15, -0.1) is 0 Å². The third kappa shape index (κ3) is 7.18. The first-order valence-electron chi connectivity index (χ1n) is 5.95. The lowest BCUT2D eigenvalue weighted by molar-refractivity contribution is -0.145. The molecule has 0 bridgehead atoms. The van der Waals surface area contributed by atoms with Crippen molar-refractivity contribution in [3.8, 4) is 0 Å². The van der Waals surface area contributed by atoms with Gasteiger partial charge in [0, 0.05) is 0 Å². The van der Waals surface area contributed by atoms with Crippen molar-refractivity contribution >= 4 is 5.97 Å². The van der Waals surface area contributed by atoms with Crippen LogP contribution in [0.5, 0.6) is 0 Å². The smallest absolute Gasteiger partial charge is 0.308 e. The van der Waals surface area contributed by atoms with Crippen molar-refractivity contribution in [2.24, 2.45) is 5.92 Å². The Labute approximate surface area is 93.7 Å². The maximum absolute atomic E-state index is 11.5. The van der Waals surface area contributed by atoms with Crippen LogP contribution in [0.4, 0.5) is 0 Å². The van der Waals surface area contributed by atoms with E-state index in [1.807, 2.05) is 13.0 Å². The van der Waals surface area contributed by atoms with Gasteiger partial charge in [0.15, 0.2) is 0 Å². The number of ether oxygens (including phenoxy) is 1. The highest BCUT2D eigenvalue weighted by molar-refractivity contribution is 5.72.